The maximum absolute atomic E-state index is 11.2. The average Bonchev–Trinajstić information content (AvgIpc) is 2.72. The molecule has 3 aliphatic heterocycles. The summed E-state index contributed by atoms with van der Waals surface area (Å²) in [5.41, 5.74) is 0. The van der Waals surface area contributed by atoms with Crippen LogP contribution in [0.15, 0.2) is 0 Å². The molecule has 0 atom stereocenters. The quantitative estimate of drug-likeness (QED) is 0.425. The van der Waals surface area contributed by atoms with Crippen molar-refractivity contribution in [2.45, 2.75) is 0 Å². The van der Waals surface area contributed by atoms with Gasteiger partial charge in [-0.1, -0.05) is 0 Å². The minimum atomic E-state index is 0.0982. The van der Waals surface area contributed by atoms with Crippen molar-refractivity contribution < 1.29 is 42.7 Å². The summed E-state index contributed by atoms with van der Waals surface area (Å²) in [6.45, 7) is 10.8. The van der Waals surface area contributed by atoms with Crippen LogP contribution in [0.4, 0.5) is 0 Å². The van der Waals surface area contributed by atoms with E-state index >= 15 is 0 Å². The predicted molar refractivity (Wildman–Crippen MR) is 103 cm³/mol. The summed E-state index contributed by atoms with van der Waals surface area (Å²) in [5, 5.41) is 0. The molecule has 0 aliphatic carbocycles. The maximum atomic E-state index is 11.2. The highest BCUT2D eigenvalue weighted by atomic mass is 16.7. The largest absolute Gasteiger partial charge is 0.378 e. The van der Waals surface area contributed by atoms with E-state index in [0.29, 0.717) is 105 Å². The summed E-state index contributed by atoms with van der Waals surface area (Å²) in [7, 11) is 0. The Morgan fingerprint density at radius 1 is 0.552 bits per heavy atom. The lowest BCUT2D eigenvalue weighted by Gasteiger charge is -2.33. The van der Waals surface area contributed by atoms with Crippen molar-refractivity contribution >= 4 is 6.47 Å². The number of nitrogens with zero attached hydrogens (tertiary/aromatic N) is 2. The number of ether oxygens (including phenoxy) is 6. The Bertz CT molecular complexity index is 365. The van der Waals surface area contributed by atoms with Crippen molar-refractivity contribution in [2.75, 3.05) is 119 Å². The molecule has 3 rings (SSSR count). The van der Waals surface area contributed by atoms with Crippen LogP contribution in [0.5, 0.6) is 0 Å². The van der Waals surface area contributed by atoms with Gasteiger partial charge in [-0.15, -0.1) is 4.65 Å². The third-order valence-corrected chi connectivity index (χ3v) is 4.97. The Morgan fingerprint density at radius 2 is 0.897 bits per heavy atom. The summed E-state index contributed by atoms with van der Waals surface area (Å²) in [5.74, 6) is 0. The normalized spacial score (nSPS) is 30.8. The lowest BCUT2D eigenvalue weighted by Crippen LogP contribution is -2.53. The van der Waals surface area contributed by atoms with E-state index in [1.807, 2.05) is 0 Å². The van der Waals surface area contributed by atoms with Crippen LogP contribution < -0.4 is 0 Å². The highest BCUT2D eigenvalue weighted by molar-refractivity contribution is 5.35. The third kappa shape index (κ3) is 11.2. The highest BCUT2D eigenvalue weighted by Crippen LogP contribution is 2.08. The second-order valence-electron chi connectivity index (χ2n) is 6.95. The van der Waals surface area contributed by atoms with Crippen molar-refractivity contribution in [3.63, 3.8) is 0 Å². The van der Waals surface area contributed by atoms with Crippen LogP contribution in [0.2, 0.25) is 0 Å². The molecule has 0 aromatic rings. The minimum absolute atomic E-state index is 0.0982. The minimum Gasteiger partial charge on any atom is -0.378 e. The molecule has 29 heavy (non-hydrogen) atoms. The number of hydroxylamine groups is 3. The molecule has 0 saturated carbocycles. The third-order valence-electron chi connectivity index (χ3n) is 4.97. The molecule has 0 aromatic heterocycles. The molecule has 10 nitrogen and oxygen atoms in total. The van der Waals surface area contributed by atoms with Gasteiger partial charge in [0, 0.05) is 19.6 Å². The van der Waals surface area contributed by atoms with Gasteiger partial charge in [-0.25, -0.2) is 4.79 Å². The van der Waals surface area contributed by atoms with Crippen LogP contribution in [0.25, 0.3) is 0 Å². The van der Waals surface area contributed by atoms with Crippen LogP contribution in [-0.2, 0) is 38.1 Å². The zero-order valence-electron chi connectivity index (χ0n) is 17.5. The van der Waals surface area contributed by atoms with Crippen molar-refractivity contribution in [3.8, 4) is 0 Å². The van der Waals surface area contributed by atoms with Crippen LogP contribution in [0.1, 0.15) is 0 Å². The van der Waals surface area contributed by atoms with E-state index in [1.165, 1.54) is 0 Å². The number of rotatable bonds is 2. The summed E-state index contributed by atoms with van der Waals surface area (Å²) in [6.07, 6.45) is 0. The van der Waals surface area contributed by atoms with E-state index < -0.39 is 0 Å². The second kappa shape index (κ2) is 15.9. The molecule has 10 heteroatoms. The zero-order valence-corrected chi connectivity index (χ0v) is 17.5. The molecule has 0 aromatic carbocycles. The van der Waals surface area contributed by atoms with Gasteiger partial charge in [0.25, 0.3) is 0 Å². The standard InChI is InChI=1S/C19H37N2O8/c22-19-29-21-4-10-26-16-13-23-7-1-20(2-8-24-14-17-27-11-5-21)3-9-25-15-18-28-12-6-21/h19H,1-18H2/q+1. The van der Waals surface area contributed by atoms with Crippen LogP contribution >= 0.6 is 0 Å². The highest BCUT2D eigenvalue weighted by Gasteiger charge is 2.30. The molecule has 3 aliphatic rings. The lowest BCUT2D eigenvalue weighted by molar-refractivity contribution is -1.09. The number of fused-ring (bicyclic) bond motifs is 21. The molecule has 2 bridgehead atoms. The smallest absolute Gasteiger partial charge is 0.355 e. The SMILES string of the molecule is O=CO[N+]12CCOCCOCCN(CCOCCOCC1)CCOCCOCC2. The predicted octanol–water partition coefficient (Wildman–Crippen LogP) is -0.680. The van der Waals surface area contributed by atoms with Gasteiger partial charge in [0.1, 0.15) is 19.6 Å². The van der Waals surface area contributed by atoms with Crippen molar-refractivity contribution in [2.24, 2.45) is 0 Å². The van der Waals surface area contributed by atoms with Gasteiger partial charge in [-0.3, -0.25) is 9.74 Å². The molecule has 3 saturated heterocycles. The van der Waals surface area contributed by atoms with Gasteiger partial charge < -0.3 is 28.4 Å². The maximum Gasteiger partial charge on any atom is 0.355 e. The van der Waals surface area contributed by atoms with Gasteiger partial charge >= 0.3 is 6.47 Å². The van der Waals surface area contributed by atoms with Crippen LogP contribution in [0.3, 0.4) is 0 Å². The van der Waals surface area contributed by atoms with E-state index in [1.54, 1.807) is 0 Å². The van der Waals surface area contributed by atoms with Gasteiger partial charge in [-0.05, 0) is 0 Å². The molecule has 0 amide bonds. The molecule has 0 N–H and O–H groups in total. The Labute approximate surface area is 173 Å². The van der Waals surface area contributed by atoms with Crippen LogP contribution in [-0.4, -0.2) is 135 Å². The van der Waals surface area contributed by atoms with Gasteiger partial charge in [0.15, 0.2) is 0 Å². The molecule has 0 unspecified atom stereocenters. The van der Waals surface area contributed by atoms with E-state index in [-0.39, 0.29) is 4.65 Å². The topological polar surface area (TPSA) is 84.9 Å². The van der Waals surface area contributed by atoms with Crippen LogP contribution in [0, 0.1) is 0 Å². The van der Waals surface area contributed by atoms with Gasteiger partial charge in [0.05, 0.1) is 79.3 Å². The summed E-state index contributed by atoms with van der Waals surface area (Å²) < 4.78 is 34.3. The first-order valence-corrected chi connectivity index (χ1v) is 10.5. The number of hydrogen-bond acceptors (Lipinski definition) is 9. The first-order chi connectivity index (χ1) is 14.3. The fraction of sp³-hybridized carbons (Fsp3) is 0.947. The van der Waals surface area contributed by atoms with Gasteiger partial charge in [-0.2, -0.15) is 0 Å². The van der Waals surface area contributed by atoms with Crippen molar-refractivity contribution in [3.05, 3.63) is 0 Å². The molecule has 170 valence electrons. The molecule has 3 fully saturated rings. The summed E-state index contributed by atoms with van der Waals surface area (Å²) >= 11 is 0. The number of carbonyl (C=O) groups excluding carboxylic acids is 1. The lowest BCUT2D eigenvalue weighted by atomic mass is 10.4. The van der Waals surface area contributed by atoms with Crippen molar-refractivity contribution in [1.82, 2.24) is 4.90 Å². The number of hydrogen-bond donors (Lipinski definition) is 0. The molecule has 0 radical (unpaired) electrons. The van der Waals surface area contributed by atoms with Gasteiger partial charge in [0.2, 0.25) is 0 Å². The Balaban J connectivity index is 2.01. The van der Waals surface area contributed by atoms with E-state index in [2.05, 4.69) is 4.90 Å². The second-order valence-corrected chi connectivity index (χ2v) is 6.95. The van der Waals surface area contributed by atoms with Crippen molar-refractivity contribution in [1.29, 1.82) is 0 Å². The zero-order chi connectivity index (χ0) is 20.5. The number of carbonyl (C=O) groups is 1. The Kier molecular flexibility index (Phi) is 13.4. The van der Waals surface area contributed by atoms with E-state index in [4.69, 9.17) is 33.3 Å². The molecular formula is C19H37N2O8+. The summed E-state index contributed by atoms with van der Waals surface area (Å²) in [4.78, 5) is 18.9. The fourth-order valence-corrected chi connectivity index (χ4v) is 3.16. The Hall–Kier alpha value is -0.850. The monoisotopic (exact) mass is 421 g/mol. The fourth-order valence-electron chi connectivity index (χ4n) is 3.16. The number of quaternary nitrogens is 1. The molecule has 0 spiro atoms. The molecular weight excluding hydrogens is 384 g/mol. The van der Waals surface area contributed by atoms with E-state index in [9.17, 15) is 4.79 Å². The Morgan fingerprint density at radius 3 is 1.24 bits per heavy atom. The average molecular weight is 422 g/mol. The van der Waals surface area contributed by atoms with E-state index in [0.717, 1.165) is 19.6 Å². The molecule has 3 heterocycles. The first-order valence-electron chi connectivity index (χ1n) is 10.5. The first kappa shape index (κ1) is 24.4. The summed E-state index contributed by atoms with van der Waals surface area (Å²) in [6, 6.07) is 0.